The molecule has 0 bridgehead atoms. The second-order valence-electron chi connectivity index (χ2n) is 10.2. The van der Waals surface area contributed by atoms with Crippen LogP contribution in [-0.2, 0) is 29.4 Å². The Labute approximate surface area is 232 Å². The summed E-state index contributed by atoms with van der Waals surface area (Å²) >= 11 is 6.41. The van der Waals surface area contributed by atoms with Crippen LogP contribution in [0.4, 0.5) is 0 Å². The van der Waals surface area contributed by atoms with Gasteiger partial charge in [-0.15, -0.1) is 5.10 Å². The van der Waals surface area contributed by atoms with E-state index in [1.807, 2.05) is 24.3 Å². The van der Waals surface area contributed by atoms with E-state index >= 15 is 0 Å². The molecule has 3 heterocycles. The lowest BCUT2D eigenvalue weighted by Gasteiger charge is -2.42. The van der Waals surface area contributed by atoms with Gasteiger partial charge in [-0.25, -0.2) is 9.78 Å². The summed E-state index contributed by atoms with van der Waals surface area (Å²) in [5, 5.41) is 16.2. The highest BCUT2D eigenvalue weighted by atomic mass is 35.5. The zero-order valence-electron chi connectivity index (χ0n) is 22.4. The van der Waals surface area contributed by atoms with E-state index in [1.54, 1.807) is 38.2 Å². The topological polar surface area (TPSA) is 109 Å². The summed E-state index contributed by atoms with van der Waals surface area (Å²) in [4.78, 5) is 22.3. The molecule has 206 valence electrons. The second-order valence-corrected chi connectivity index (χ2v) is 10.6. The van der Waals surface area contributed by atoms with Gasteiger partial charge >= 0.3 is 5.97 Å². The highest BCUT2D eigenvalue weighted by Gasteiger charge is 2.48. The number of pyridine rings is 1. The summed E-state index contributed by atoms with van der Waals surface area (Å²) in [6.45, 7) is 0. The molecule has 0 radical (unpaired) electrons. The highest BCUT2D eigenvalue weighted by molar-refractivity contribution is 6.32. The van der Waals surface area contributed by atoms with E-state index in [0.29, 0.717) is 46.7 Å². The van der Waals surface area contributed by atoms with E-state index in [2.05, 4.69) is 15.1 Å². The van der Waals surface area contributed by atoms with Crippen LogP contribution in [-0.4, -0.2) is 50.6 Å². The van der Waals surface area contributed by atoms with Crippen LogP contribution >= 0.6 is 11.6 Å². The first-order valence-electron chi connectivity index (χ1n) is 13.2. The largest absolute Gasteiger partial charge is 0.512 e. The molecular formula is C29H33ClN4O5. The van der Waals surface area contributed by atoms with Gasteiger partial charge in [-0.1, -0.05) is 30.5 Å². The quantitative estimate of drug-likeness (QED) is 0.351. The zero-order valence-corrected chi connectivity index (χ0v) is 23.2. The number of aliphatic hydroxyl groups excluding tert-OH is 1. The van der Waals surface area contributed by atoms with Crippen molar-refractivity contribution in [1.82, 2.24) is 19.7 Å². The lowest BCUT2D eigenvalue weighted by atomic mass is 9.76. The number of aliphatic hydroxyl groups is 1. The van der Waals surface area contributed by atoms with Crippen molar-refractivity contribution in [2.24, 2.45) is 13.0 Å². The molecule has 3 aromatic rings. The number of aryl methyl sites for hydroxylation is 2. The minimum absolute atomic E-state index is 0.0558. The van der Waals surface area contributed by atoms with Crippen LogP contribution in [0.3, 0.4) is 0 Å². The molecule has 1 atom stereocenters. The summed E-state index contributed by atoms with van der Waals surface area (Å²) < 4.78 is 18.8. The number of benzene rings is 1. The number of halogens is 1. The number of nitrogens with zero attached hydrogens (tertiary/aromatic N) is 4. The summed E-state index contributed by atoms with van der Waals surface area (Å²) in [6.07, 6.45) is 7.21. The lowest BCUT2D eigenvalue weighted by molar-refractivity contribution is -0.167. The Morgan fingerprint density at radius 1 is 1.18 bits per heavy atom. The number of methoxy groups -OCH3 is 2. The fourth-order valence-corrected chi connectivity index (χ4v) is 6.05. The molecule has 0 amide bonds. The third kappa shape index (κ3) is 5.45. The summed E-state index contributed by atoms with van der Waals surface area (Å²) in [5.74, 6) is 1.91. The minimum atomic E-state index is -0.808. The fraction of sp³-hybridized carbons (Fsp3) is 0.448. The van der Waals surface area contributed by atoms with E-state index in [4.69, 9.17) is 25.8 Å². The molecule has 0 spiro atoms. The van der Waals surface area contributed by atoms with Crippen LogP contribution in [0.1, 0.15) is 49.9 Å². The molecule has 1 unspecified atom stereocenters. The van der Waals surface area contributed by atoms with E-state index in [1.165, 1.54) is 0 Å². The summed E-state index contributed by atoms with van der Waals surface area (Å²) in [7, 11) is 4.92. The Balaban J connectivity index is 1.40. The smallest absolute Gasteiger partial charge is 0.338 e. The molecule has 1 saturated carbocycles. The average Bonchev–Trinajstić information content (AvgIpc) is 3.61. The van der Waals surface area contributed by atoms with E-state index < -0.39 is 11.6 Å². The molecule has 1 aliphatic carbocycles. The van der Waals surface area contributed by atoms with Gasteiger partial charge in [-0.2, -0.15) is 0 Å². The molecule has 1 aliphatic heterocycles. The number of aromatic nitrogens is 4. The van der Waals surface area contributed by atoms with Crippen molar-refractivity contribution in [2.75, 3.05) is 14.2 Å². The van der Waals surface area contributed by atoms with Crippen LogP contribution in [0, 0.1) is 5.92 Å². The molecule has 1 N–H and O–H groups in total. The molecule has 0 saturated heterocycles. The Morgan fingerprint density at radius 2 is 1.95 bits per heavy atom. The third-order valence-corrected chi connectivity index (χ3v) is 8.21. The monoisotopic (exact) mass is 552 g/mol. The summed E-state index contributed by atoms with van der Waals surface area (Å²) in [5.41, 5.74) is 0.944. The average molecular weight is 553 g/mol. The van der Waals surface area contributed by atoms with Gasteiger partial charge in [0.05, 0.1) is 24.8 Å². The van der Waals surface area contributed by atoms with Crippen molar-refractivity contribution in [2.45, 2.75) is 57.0 Å². The highest BCUT2D eigenvalue weighted by Crippen LogP contribution is 2.46. The first-order chi connectivity index (χ1) is 18.8. The van der Waals surface area contributed by atoms with Crippen molar-refractivity contribution in [1.29, 1.82) is 0 Å². The predicted octanol–water partition coefficient (Wildman–Crippen LogP) is 5.41. The van der Waals surface area contributed by atoms with Crippen molar-refractivity contribution in [3.63, 3.8) is 0 Å². The van der Waals surface area contributed by atoms with Crippen LogP contribution in [0.2, 0.25) is 5.02 Å². The van der Waals surface area contributed by atoms with Gasteiger partial charge in [0, 0.05) is 32.2 Å². The molecule has 39 heavy (non-hydrogen) atoms. The predicted molar refractivity (Wildman–Crippen MR) is 146 cm³/mol. The van der Waals surface area contributed by atoms with Gasteiger partial charge < -0.3 is 19.3 Å². The molecule has 1 aromatic carbocycles. The van der Waals surface area contributed by atoms with Crippen LogP contribution in [0.5, 0.6) is 11.5 Å². The Hall–Kier alpha value is -3.59. The number of esters is 1. The molecule has 5 rings (SSSR count). The van der Waals surface area contributed by atoms with Crippen molar-refractivity contribution in [3.05, 3.63) is 64.3 Å². The molecule has 9 nitrogen and oxygen atoms in total. The van der Waals surface area contributed by atoms with Crippen LogP contribution in [0.25, 0.3) is 11.5 Å². The van der Waals surface area contributed by atoms with Gasteiger partial charge in [0.25, 0.3) is 0 Å². The number of carbonyl (C=O) groups excluding carboxylic acids is 1. The Kier molecular flexibility index (Phi) is 7.79. The number of hydrogen-bond acceptors (Lipinski definition) is 8. The lowest BCUT2D eigenvalue weighted by Crippen LogP contribution is -2.46. The van der Waals surface area contributed by atoms with E-state index in [9.17, 15) is 9.90 Å². The molecule has 10 heteroatoms. The van der Waals surface area contributed by atoms with Crippen molar-refractivity contribution < 1.29 is 24.1 Å². The first kappa shape index (κ1) is 27.0. The molecular weight excluding hydrogens is 520 g/mol. The number of cyclic esters (lactones) is 1. The number of carbonyl (C=O) groups is 1. The Bertz CT molecular complexity index is 1380. The Morgan fingerprint density at radius 3 is 2.62 bits per heavy atom. The summed E-state index contributed by atoms with van der Waals surface area (Å²) in [6, 6.07) is 9.11. The molecule has 1 fully saturated rings. The van der Waals surface area contributed by atoms with Crippen LogP contribution < -0.4 is 9.47 Å². The van der Waals surface area contributed by atoms with Gasteiger partial charge in [-0.3, -0.25) is 9.67 Å². The van der Waals surface area contributed by atoms with Gasteiger partial charge in [-0.05, 0) is 55.4 Å². The molecule has 2 aromatic heterocycles. The molecule has 2 aliphatic rings. The third-order valence-electron chi connectivity index (χ3n) is 7.91. The maximum absolute atomic E-state index is 13.5. The number of ether oxygens (including phenoxy) is 3. The first-order valence-corrected chi connectivity index (χ1v) is 13.6. The minimum Gasteiger partial charge on any atom is -0.512 e. The van der Waals surface area contributed by atoms with Crippen LogP contribution in [0.15, 0.2) is 47.9 Å². The van der Waals surface area contributed by atoms with Gasteiger partial charge in [0.1, 0.15) is 34.4 Å². The van der Waals surface area contributed by atoms with Crippen molar-refractivity contribution in [3.8, 4) is 23.0 Å². The fourth-order valence-electron chi connectivity index (χ4n) is 5.78. The zero-order chi connectivity index (χ0) is 27.6. The van der Waals surface area contributed by atoms with E-state index in [-0.39, 0.29) is 30.1 Å². The van der Waals surface area contributed by atoms with E-state index in [0.717, 1.165) is 31.2 Å². The van der Waals surface area contributed by atoms with Crippen molar-refractivity contribution >= 4 is 17.6 Å². The standard InChI is InChI=1S/C29H33ClN4O5/c1-34-26(32-27(33-34)22-10-6-7-13-31-22)15-20-23(35)17-29(39-28(20)36,19-8-4-5-9-19)12-11-18-14-21(30)25(38-3)16-24(18)37-2/h6-7,10,13-14,16,19,35H,4-5,8-9,11-12,15,17H2,1-3H3. The number of rotatable bonds is 9. The SMILES string of the molecule is COc1cc(OC)c(CCC2(C3CCCC3)CC(O)=C(Cc3nc(-c4ccccn4)nn3C)C(=O)O2)cc1Cl. The maximum Gasteiger partial charge on any atom is 0.338 e. The maximum atomic E-state index is 13.5. The second kappa shape index (κ2) is 11.3. The van der Waals surface area contributed by atoms with Gasteiger partial charge in [0.15, 0.2) is 5.82 Å². The normalized spacial score (nSPS) is 19.8. The van der Waals surface area contributed by atoms with Gasteiger partial charge in [0.2, 0.25) is 0 Å². The number of hydrogen-bond donors (Lipinski definition) is 1.